The number of carbonyl (C=O) groups is 2. The van der Waals surface area contributed by atoms with Crippen LogP contribution in [-0.2, 0) is 14.3 Å². The maximum atomic E-state index is 14.0. The number of ketones is 1. The fourth-order valence-electron chi connectivity index (χ4n) is 3.36. The Morgan fingerprint density at radius 2 is 1.96 bits per heavy atom. The van der Waals surface area contributed by atoms with Gasteiger partial charge < -0.3 is 14.4 Å². The van der Waals surface area contributed by atoms with Crippen molar-refractivity contribution in [2.24, 2.45) is 5.92 Å². The van der Waals surface area contributed by atoms with Gasteiger partial charge in [0.25, 0.3) is 0 Å². The van der Waals surface area contributed by atoms with E-state index in [0.29, 0.717) is 18.8 Å². The van der Waals surface area contributed by atoms with Crippen molar-refractivity contribution in [2.75, 3.05) is 33.9 Å². The predicted molar refractivity (Wildman–Crippen MR) is 97.2 cm³/mol. The highest BCUT2D eigenvalue weighted by atomic mass is 35.5. The van der Waals surface area contributed by atoms with Crippen molar-refractivity contribution >= 4 is 23.3 Å². The molecule has 1 unspecified atom stereocenters. The molecule has 0 aromatic heterocycles. The first-order valence-corrected chi connectivity index (χ1v) is 9.07. The number of piperidine rings is 1. The van der Waals surface area contributed by atoms with Crippen LogP contribution >= 0.6 is 11.6 Å². The normalized spacial score (nSPS) is 16.4. The number of methoxy groups -OCH3 is 2. The number of rotatable bonds is 7. The van der Waals surface area contributed by atoms with E-state index in [1.165, 1.54) is 20.3 Å². The molecule has 0 bridgehead atoms. The Bertz CT molecular complexity index is 659. The van der Waals surface area contributed by atoms with Gasteiger partial charge in [-0.3, -0.25) is 9.59 Å². The Labute approximate surface area is 158 Å². The molecule has 0 aliphatic carbocycles. The summed E-state index contributed by atoms with van der Waals surface area (Å²) in [5.41, 5.74) is 0.833. The van der Waals surface area contributed by atoms with E-state index < -0.39 is 5.82 Å². The van der Waals surface area contributed by atoms with E-state index in [1.54, 1.807) is 17.9 Å². The van der Waals surface area contributed by atoms with Gasteiger partial charge in [0, 0.05) is 32.5 Å². The summed E-state index contributed by atoms with van der Waals surface area (Å²) >= 11 is 5.88. The third-order valence-electron chi connectivity index (χ3n) is 4.78. The lowest BCUT2D eigenvalue weighted by Crippen LogP contribution is -2.41. The van der Waals surface area contributed by atoms with Crippen LogP contribution < -0.4 is 4.74 Å². The average Bonchev–Trinajstić information content (AvgIpc) is 2.63. The average molecular weight is 386 g/mol. The molecule has 0 radical (unpaired) electrons. The summed E-state index contributed by atoms with van der Waals surface area (Å²) in [6, 6.07) is 3.21. The Morgan fingerprint density at radius 3 is 2.54 bits per heavy atom. The van der Waals surface area contributed by atoms with Crippen LogP contribution in [0.4, 0.5) is 4.39 Å². The van der Waals surface area contributed by atoms with Gasteiger partial charge in [-0.15, -0.1) is 0 Å². The van der Waals surface area contributed by atoms with Crippen molar-refractivity contribution in [1.29, 1.82) is 0 Å². The molecule has 26 heavy (non-hydrogen) atoms. The molecule has 144 valence electrons. The van der Waals surface area contributed by atoms with E-state index >= 15 is 0 Å². The monoisotopic (exact) mass is 385 g/mol. The predicted octanol–water partition coefficient (Wildman–Crippen LogP) is 3.44. The van der Waals surface area contributed by atoms with Crippen LogP contribution in [0.5, 0.6) is 5.75 Å². The van der Waals surface area contributed by atoms with Crippen molar-refractivity contribution in [3.05, 3.63) is 28.5 Å². The summed E-state index contributed by atoms with van der Waals surface area (Å²) in [5.74, 6) is -0.484. The molecule has 0 spiro atoms. The number of nitrogens with zero attached hydrogens (tertiary/aromatic N) is 1. The second-order valence-corrected chi connectivity index (χ2v) is 7.07. The Balaban J connectivity index is 1.95. The number of Topliss-reactive ketones (excluding diaryl/α,β-unsaturated/α-hetero) is 1. The maximum Gasteiger partial charge on any atom is 0.225 e. The minimum absolute atomic E-state index is 0.0154. The van der Waals surface area contributed by atoms with Crippen molar-refractivity contribution in [3.63, 3.8) is 0 Å². The van der Waals surface area contributed by atoms with Crippen molar-refractivity contribution in [3.8, 4) is 5.75 Å². The molecular weight excluding hydrogens is 361 g/mol. The molecule has 1 aliphatic rings. The molecule has 1 aromatic carbocycles. The molecule has 0 saturated carbocycles. The third-order valence-corrected chi connectivity index (χ3v) is 5.14. The Kier molecular flexibility index (Phi) is 7.41. The molecule has 1 amide bonds. The molecule has 1 heterocycles. The van der Waals surface area contributed by atoms with E-state index in [1.807, 2.05) is 0 Å². The quantitative estimate of drug-likeness (QED) is 0.721. The van der Waals surface area contributed by atoms with Crippen LogP contribution in [0.2, 0.25) is 5.02 Å². The standard InChI is InChI=1S/C19H25ClFNO4/c1-12(8-15(23)11-25-2)19(24)22-6-4-13(5-7-22)14-9-16(21)18(20)17(10-14)26-3/h9-10,12-13H,4-8,11H2,1-3H3. The largest absolute Gasteiger partial charge is 0.495 e. The van der Waals surface area contributed by atoms with E-state index in [-0.39, 0.29) is 41.6 Å². The zero-order valence-corrected chi connectivity index (χ0v) is 16.1. The zero-order valence-electron chi connectivity index (χ0n) is 15.4. The molecule has 1 aliphatic heterocycles. The van der Waals surface area contributed by atoms with Crippen LogP contribution in [0, 0.1) is 11.7 Å². The van der Waals surface area contributed by atoms with Gasteiger partial charge in [-0.25, -0.2) is 4.39 Å². The lowest BCUT2D eigenvalue weighted by atomic mass is 9.88. The third kappa shape index (κ3) is 4.95. The van der Waals surface area contributed by atoms with Crippen molar-refractivity contribution < 1.29 is 23.5 Å². The van der Waals surface area contributed by atoms with E-state index in [2.05, 4.69) is 0 Å². The van der Waals surface area contributed by atoms with Gasteiger partial charge in [0.05, 0.1) is 7.11 Å². The number of halogens is 2. The minimum Gasteiger partial charge on any atom is -0.495 e. The number of carbonyl (C=O) groups excluding carboxylic acids is 2. The lowest BCUT2D eigenvalue weighted by Gasteiger charge is -2.34. The van der Waals surface area contributed by atoms with Crippen molar-refractivity contribution in [2.45, 2.75) is 32.1 Å². The molecule has 1 aromatic rings. The second-order valence-electron chi connectivity index (χ2n) is 6.70. The summed E-state index contributed by atoms with van der Waals surface area (Å²) in [4.78, 5) is 25.9. The number of benzene rings is 1. The second kappa shape index (κ2) is 9.33. The molecule has 0 N–H and O–H groups in total. The lowest BCUT2D eigenvalue weighted by molar-refractivity contribution is -0.139. The smallest absolute Gasteiger partial charge is 0.225 e. The highest BCUT2D eigenvalue weighted by Gasteiger charge is 2.28. The van der Waals surface area contributed by atoms with E-state index in [4.69, 9.17) is 21.1 Å². The zero-order chi connectivity index (χ0) is 19.3. The maximum absolute atomic E-state index is 14.0. The molecular formula is C19H25ClFNO4. The van der Waals surface area contributed by atoms with Crippen LogP contribution in [0.15, 0.2) is 12.1 Å². The number of hydrogen-bond acceptors (Lipinski definition) is 4. The van der Waals surface area contributed by atoms with Gasteiger partial charge in [-0.1, -0.05) is 18.5 Å². The van der Waals surface area contributed by atoms with Crippen LogP contribution in [0.1, 0.15) is 37.7 Å². The summed E-state index contributed by atoms with van der Waals surface area (Å²) in [5, 5.41) is -0.0154. The number of ether oxygens (including phenoxy) is 2. The number of likely N-dealkylation sites (tertiary alicyclic amines) is 1. The molecule has 2 rings (SSSR count). The molecule has 7 heteroatoms. The number of hydrogen-bond donors (Lipinski definition) is 0. The summed E-state index contributed by atoms with van der Waals surface area (Å²) in [6.07, 6.45) is 1.65. The molecule has 1 atom stereocenters. The summed E-state index contributed by atoms with van der Waals surface area (Å²) < 4.78 is 23.9. The van der Waals surface area contributed by atoms with Crippen LogP contribution in [0.25, 0.3) is 0 Å². The highest BCUT2D eigenvalue weighted by Crippen LogP contribution is 2.35. The first-order valence-electron chi connectivity index (χ1n) is 8.69. The summed E-state index contributed by atoms with van der Waals surface area (Å²) in [7, 11) is 2.92. The van der Waals surface area contributed by atoms with Crippen LogP contribution in [0.3, 0.4) is 0 Å². The molecule has 1 saturated heterocycles. The van der Waals surface area contributed by atoms with Gasteiger partial charge in [-0.05, 0) is 36.5 Å². The highest BCUT2D eigenvalue weighted by molar-refractivity contribution is 6.32. The minimum atomic E-state index is -0.496. The van der Waals surface area contributed by atoms with Gasteiger partial charge in [0.1, 0.15) is 23.2 Å². The van der Waals surface area contributed by atoms with Crippen molar-refractivity contribution in [1.82, 2.24) is 4.90 Å². The Morgan fingerprint density at radius 1 is 1.31 bits per heavy atom. The first kappa shape index (κ1) is 20.6. The van der Waals surface area contributed by atoms with Gasteiger partial charge >= 0.3 is 0 Å². The first-order chi connectivity index (χ1) is 12.4. The van der Waals surface area contributed by atoms with Gasteiger partial charge in [0.2, 0.25) is 5.91 Å². The fraction of sp³-hybridized carbons (Fsp3) is 0.579. The molecule has 1 fully saturated rings. The van der Waals surface area contributed by atoms with Gasteiger partial charge in [0.15, 0.2) is 5.78 Å². The summed E-state index contributed by atoms with van der Waals surface area (Å²) in [6.45, 7) is 2.96. The fourth-order valence-corrected chi connectivity index (χ4v) is 3.55. The van der Waals surface area contributed by atoms with Gasteiger partial charge in [-0.2, -0.15) is 0 Å². The van der Waals surface area contributed by atoms with Crippen LogP contribution in [-0.4, -0.2) is 50.5 Å². The van der Waals surface area contributed by atoms with E-state index in [9.17, 15) is 14.0 Å². The SMILES string of the molecule is COCC(=O)CC(C)C(=O)N1CCC(c2cc(F)c(Cl)c(OC)c2)CC1. The Hall–Kier alpha value is -1.66. The number of amides is 1. The topological polar surface area (TPSA) is 55.8 Å². The molecule has 5 nitrogen and oxygen atoms in total. The van der Waals surface area contributed by atoms with E-state index in [0.717, 1.165) is 18.4 Å².